The summed E-state index contributed by atoms with van der Waals surface area (Å²) in [6.45, 7) is 5.06. The number of nitrogens with one attached hydrogen (secondary N) is 3. The predicted molar refractivity (Wildman–Crippen MR) is 141 cm³/mol. The highest BCUT2D eigenvalue weighted by molar-refractivity contribution is 6.30. The van der Waals surface area contributed by atoms with Crippen LogP contribution in [0.3, 0.4) is 0 Å². The molecule has 3 unspecified atom stereocenters. The molecule has 38 heavy (non-hydrogen) atoms. The van der Waals surface area contributed by atoms with E-state index in [0.29, 0.717) is 45.2 Å². The molecule has 2 bridgehead atoms. The van der Waals surface area contributed by atoms with Crippen LogP contribution >= 0.6 is 11.6 Å². The molecule has 10 heteroatoms. The van der Waals surface area contributed by atoms with Crippen molar-refractivity contribution >= 4 is 23.4 Å². The van der Waals surface area contributed by atoms with Gasteiger partial charge in [-0.1, -0.05) is 25.4 Å². The van der Waals surface area contributed by atoms with Gasteiger partial charge in [-0.05, 0) is 68.9 Å². The number of nitriles is 1. The molecule has 0 spiro atoms. The summed E-state index contributed by atoms with van der Waals surface area (Å²) in [6.07, 6.45) is 4.19. The van der Waals surface area contributed by atoms with E-state index in [0.717, 1.165) is 25.3 Å². The number of rotatable bonds is 9. The number of amides is 2. The lowest BCUT2D eigenvalue weighted by Gasteiger charge is -2.55. The molecule has 1 saturated heterocycles. The maximum Gasteiger partial charge on any atom is 0.258 e. The molecule has 208 valence electrons. The second kappa shape index (κ2) is 11.4. The minimum atomic E-state index is -0.874. The maximum absolute atomic E-state index is 13.6. The normalized spacial score (nSPS) is 31.7. The van der Waals surface area contributed by atoms with Gasteiger partial charge in [0.1, 0.15) is 11.6 Å². The van der Waals surface area contributed by atoms with Gasteiger partial charge in [0.05, 0.1) is 28.5 Å². The van der Waals surface area contributed by atoms with E-state index < -0.39 is 22.9 Å². The fourth-order valence-electron chi connectivity index (χ4n) is 6.87. The van der Waals surface area contributed by atoms with E-state index in [2.05, 4.69) is 35.9 Å². The molecule has 3 aliphatic carbocycles. The van der Waals surface area contributed by atoms with Crippen molar-refractivity contribution < 1.29 is 23.8 Å². The first kappa shape index (κ1) is 28.6. The Kier molecular flexibility index (Phi) is 8.55. The van der Waals surface area contributed by atoms with Gasteiger partial charge in [-0.3, -0.25) is 9.59 Å². The Labute approximate surface area is 228 Å². The first-order valence-corrected chi connectivity index (χ1v) is 14.0. The van der Waals surface area contributed by atoms with Gasteiger partial charge in [0, 0.05) is 30.7 Å². The van der Waals surface area contributed by atoms with Crippen LogP contribution in [0.2, 0.25) is 5.02 Å². The highest BCUT2D eigenvalue weighted by Crippen LogP contribution is 2.52. The zero-order valence-corrected chi connectivity index (χ0v) is 22.9. The number of carbonyl (C=O) groups is 2. The Morgan fingerprint density at radius 2 is 1.95 bits per heavy atom. The summed E-state index contributed by atoms with van der Waals surface area (Å²) in [5.74, 6) is -0.946. The van der Waals surface area contributed by atoms with Crippen molar-refractivity contribution in [2.24, 2.45) is 16.7 Å². The van der Waals surface area contributed by atoms with Gasteiger partial charge >= 0.3 is 0 Å². The average Bonchev–Trinajstić information content (AvgIpc) is 2.92. The predicted octanol–water partition coefficient (Wildman–Crippen LogP) is 3.46. The summed E-state index contributed by atoms with van der Waals surface area (Å²) in [5, 5.41) is 30.2. The van der Waals surface area contributed by atoms with Crippen molar-refractivity contribution in [3.05, 3.63) is 29.0 Å². The standard InChI is InChI=1S/C28H38ClFN4O4/c1-3-26(4-2)12-18(14-31)15-32-22(26)16-33-25(37)28-9-7-27(8-10-28,13-23(28)35)34-24(36)17-38-19-5-6-20(29)21(30)11-19/h5-6,11,18,22-23,32,35H,3-4,7-10,12-13,15-17H2,1-2H3,(H,33,37)(H,34,36). The third-order valence-electron chi connectivity index (χ3n) is 9.50. The summed E-state index contributed by atoms with van der Waals surface area (Å²) in [4.78, 5) is 26.1. The first-order valence-electron chi connectivity index (χ1n) is 13.6. The summed E-state index contributed by atoms with van der Waals surface area (Å²) in [6, 6.07) is 6.44. The molecule has 5 rings (SSSR count). The van der Waals surface area contributed by atoms with E-state index in [1.807, 2.05) is 0 Å². The van der Waals surface area contributed by atoms with Gasteiger partial charge in [0.25, 0.3) is 5.91 Å². The van der Waals surface area contributed by atoms with E-state index in [9.17, 15) is 24.3 Å². The Bertz CT molecular complexity index is 1080. The Morgan fingerprint density at radius 1 is 1.24 bits per heavy atom. The van der Waals surface area contributed by atoms with Crippen molar-refractivity contribution in [1.29, 1.82) is 5.26 Å². The van der Waals surface area contributed by atoms with Crippen molar-refractivity contribution in [3.8, 4) is 11.8 Å². The van der Waals surface area contributed by atoms with E-state index in [1.54, 1.807) is 0 Å². The van der Waals surface area contributed by atoms with E-state index in [4.69, 9.17) is 16.3 Å². The van der Waals surface area contributed by atoms with Crippen molar-refractivity contribution in [1.82, 2.24) is 16.0 Å². The number of hydrogen-bond donors (Lipinski definition) is 4. The summed E-state index contributed by atoms with van der Waals surface area (Å²) in [5.41, 5.74) is -1.51. The number of nitrogens with zero attached hydrogens (tertiary/aromatic N) is 1. The number of aliphatic hydroxyl groups is 1. The fraction of sp³-hybridized carbons (Fsp3) is 0.679. The zero-order valence-electron chi connectivity index (χ0n) is 22.1. The molecular weight excluding hydrogens is 511 g/mol. The number of piperidine rings is 1. The van der Waals surface area contributed by atoms with Crippen molar-refractivity contribution in [2.75, 3.05) is 19.7 Å². The number of carbonyl (C=O) groups excluding carboxylic acids is 2. The molecule has 8 nitrogen and oxygen atoms in total. The van der Waals surface area contributed by atoms with Crippen molar-refractivity contribution in [3.63, 3.8) is 0 Å². The number of fused-ring (bicyclic) bond motifs is 3. The van der Waals surface area contributed by atoms with Crippen LogP contribution in [0.15, 0.2) is 18.2 Å². The van der Waals surface area contributed by atoms with Crippen LogP contribution in [0.4, 0.5) is 4.39 Å². The minimum Gasteiger partial charge on any atom is -0.484 e. The van der Waals surface area contributed by atoms with Gasteiger partial charge in [-0.15, -0.1) is 0 Å². The Morgan fingerprint density at radius 3 is 2.55 bits per heavy atom. The number of ether oxygens (including phenoxy) is 1. The molecule has 0 aromatic heterocycles. The van der Waals surface area contributed by atoms with Crippen LogP contribution in [0, 0.1) is 33.9 Å². The quantitative estimate of drug-likeness (QED) is 0.375. The molecule has 1 aliphatic heterocycles. The van der Waals surface area contributed by atoms with Crippen LogP contribution in [0.25, 0.3) is 0 Å². The van der Waals surface area contributed by atoms with Crippen LogP contribution < -0.4 is 20.7 Å². The number of aliphatic hydroxyl groups excluding tert-OH is 1. The topological polar surface area (TPSA) is 123 Å². The highest BCUT2D eigenvalue weighted by Gasteiger charge is 2.58. The molecule has 1 heterocycles. The van der Waals surface area contributed by atoms with Gasteiger partial charge in [0.2, 0.25) is 5.91 Å². The zero-order chi connectivity index (χ0) is 27.6. The van der Waals surface area contributed by atoms with Gasteiger partial charge in [0.15, 0.2) is 6.61 Å². The fourth-order valence-corrected chi connectivity index (χ4v) is 6.99. The molecule has 4 fully saturated rings. The average molecular weight is 549 g/mol. The number of hydrogen-bond acceptors (Lipinski definition) is 6. The lowest BCUT2D eigenvalue weighted by atomic mass is 9.55. The minimum absolute atomic E-state index is 0.0238. The van der Waals surface area contributed by atoms with Gasteiger partial charge in [-0.25, -0.2) is 4.39 Å². The van der Waals surface area contributed by atoms with Crippen LogP contribution in [0.5, 0.6) is 5.75 Å². The second-order valence-electron chi connectivity index (χ2n) is 11.3. The van der Waals surface area contributed by atoms with E-state index in [1.165, 1.54) is 12.1 Å². The SMILES string of the molecule is CCC1(CC)CC(C#N)CNC1CNC(=O)C12CCC(NC(=O)COc3ccc(Cl)c(F)c3)(CC1)CC2O. The van der Waals surface area contributed by atoms with Crippen LogP contribution in [0.1, 0.15) is 65.2 Å². The molecule has 2 amide bonds. The summed E-state index contributed by atoms with van der Waals surface area (Å²) < 4.78 is 19.0. The third-order valence-corrected chi connectivity index (χ3v) is 9.81. The molecule has 3 saturated carbocycles. The molecular formula is C28H38ClFN4O4. The summed E-state index contributed by atoms with van der Waals surface area (Å²) >= 11 is 5.68. The van der Waals surface area contributed by atoms with E-state index in [-0.39, 0.29) is 46.6 Å². The maximum atomic E-state index is 13.6. The number of halogens is 2. The molecule has 1 aromatic carbocycles. The molecule has 1 aromatic rings. The lowest BCUT2D eigenvalue weighted by molar-refractivity contribution is -0.156. The third kappa shape index (κ3) is 5.49. The first-order chi connectivity index (χ1) is 18.1. The summed E-state index contributed by atoms with van der Waals surface area (Å²) in [7, 11) is 0. The van der Waals surface area contributed by atoms with Gasteiger partial charge < -0.3 is 25.8 Å². The smallest absolute Gasteiger partial charge is 0.258 e. The lowest BCUT2D eigenvalue weighted by Crippen LogP contribution is -2.66. The van der Waals surface area contributed by atoms with Crippen LogP contribution in [-0.2, 0) is 9.59 Å². The number of benzene rings is 1. The molecule has 3 atom stereocenters. The monoisotopic (exact) mass is 548 g/mol. The van der Waals surface area contributed by atoms with Gasteiger partial charge in [-0.2, -0.15) is 5.26 Å². The van der Waals surface area contributed by atoms with Crippen LogP contribution in [-0.4, -0.2) is 54.3 Å². The van der Waals surface area contributed by atoms with Crippen molar-refractivity contribution in [2.45, 2.75) is 82.9 Å². The van der Waals surface area contributed by atoms with E-state index >= 15 is 0 Å². The molecule has 4 N–H and O–H groups in total. The molecule has 4 aliphatic rings. The second-order valence-corrected chi connectivity index (χ2v) is 11.7. The Balaban J connectivity index is 1.32. The highest BCUT2D eigenvalue weighted by atomic mass is 35.5. The molecule has 0 radical (unpaired) electrons. The largest absolute Gasteiger partial charge is 0.484 e. The Hall–Kier alpha value is -2.41.